The van der Waals surface area contributed by atoms with E-state index in [0.717, 1.165) is 3.94 Å². The normalized spacial score (nSPS) is 12.4. The molecule has 4 nitrogen and oxygen atoms in total. The van der Waals surface area contributed by atoms with Crippen molar-refractivity contribution in [3.8, 4) is 0 Å². The van der Waals surface area contributed by atoms with Crippen molar-refractivity contribution in [1.82, 2.24) is 3.94 Å². The van der Waals surface area contributed by atoms with Gasteiger partial charge in [-0.3, -0.25) is 4.55 Å². The topological polar surface area (TPSA) is 57.6 Å². The van der Waals surface area contributed by atoms with Gasteiger partial charge in [0.25, 0.3) is 10.1 Å². The third kappa shape index (κ3) is 8.45. The first-order chi connectivity index (χ1) is 4.42. The Kier molecular flexibility index (Phi) is 4.55. The maximum absolute atomic E-state index is 10.1. The highest BCUT2D eigenvalue weighted by Crippen LogP contribution is 2.00. The average molecular weight is 208 g/mol. The van der Waals surface area contributed by atoms with Crippen molar-refractivity contribution in [2.45, 2.75) is 6.42 Å². The van der Waals surface area contributed by atoms with Gasteiger partial charge >= 0.3 is 0 Å². The maximum atomic E-state index is 10.1. The Labute approximate surface area is 69.7 Å². The Morgan fingerprint density at radius 1 is 1.40 bits per heavy atom. The lowest BCUT2D eigenvalue weighted by Gasteiger charge is -2.00. The highest BCUT2D eigenvalue weighted by Gasteiger charge is 2.04. The van der Waals surface area contributed by atoms with Crippen molar-refractivity contribution >= 4 is 33.7 Å². The lowest BCUT2D eigenvalue weighted by molar-refractivity contribution is 0.479. The second-order valence-corrected chi connectivity index (χ2v) is 4.23. The molecule has 7 heteroatoms. The summed E-state index contributed by atoms with van der Waals surface area (Å²) in [5.74, 6) is -0.317. The summed E-state index contributed by atoms with van der Waals surface area (Å²) in [6.07, 6.45) is 0.214. The Balaban J connectivity index is 3.39. The molecule has 62 valence electrons. The van der Waals surface area contributed by atoms with Crippen LogP contribution in [-0.2, 0) is 10.1 Å². The van der Waals surface area contributed by atoms with Crippen LogP contribution in [0.2, 0.25) is 0 Å². The van der Waals surface area contributed by atoms with Crippen LogP contribution in [0.15, 0.2) is 0 Å². The molecule has 10 heavy (non-hydrogen) atoms. The molecule has 0 aliphatic heterocycles. The van der Waals surface area contributed by atoms with E-state index in [1.54, 1.807) is 0 Å². The van der Waals surface area contributed by atoms with Crippen molar-refractivity contribution in [2.24, 2.45) is 0 Å². The van der Waals surface area contributed by atoms with Gasteiger partial charge in [-0.25, -0.2) is 0 Å². The highest BCUT2D eigenvalue weighted by molar-refractivity contribution is 7.85. The molecule has 0 atom stereocenters. The summed E-state index contributed by atoms with van der Waals surface area (Å²) in [5, 5.41) is 0. The second kappa shape index (κ2) is 4.35. The minimum Gasteiger partial charge on any atom is -0.286 e. The summed E-state index contributed by atoms with van der Waals surface area (Å²) in [5.41, 5.74) is 0. The van der Waals surface area contributed by atoms with Gasteiger partial charge in [-0.1, -0.05) is 0 Å². The fraction of sp³-hybridized carbons (Fsp3) is 1.00. The molecule has 0 aromatic carbocycles. The van der Waals surface area contributed by atoms with Gasteiger partial charge in [-0.2, -0.15) is 8.42 Å². The number of rotatable bonds is 4. The van der Waals surface area contributed by atoms with E-state index in [2.05, 4.69) is 0 Å². The molecule has 0 fully saturated rings. The zero-order valence-corrected chi connectivity index (χ0v) is 7.32. The molecule has 1 N–H and O–H groups in total. The smallest absolute Gasteiger partial charge is 0.264 e. The van der Waals surface area contributed by atoms with Crippen LogP contribution in [0.4, 0.5) is 0 Å². The largest absolute Gasteiger partial charge is 0.286 e. The molecule has 0 radical (unpaired) electrons. The van der Waals surface area contributed by atoms with Crippen molar-refractivity contribution in [3.05, 3.63) is 0 Å². The number of hydrogen-bond donors (Lipinski definition) is 1. The standard InChI is InChI=1S/C3H7Cl2NO3S/c4-6(5)2-1-3-10(7,8)9/h1-3H2,(H,7,8,9). The number of halogens is 2. The molecule has 0 rings (SSSR count). The van der Waals surface area contributed by atoms with Gasteiger partial charge in [-0.05, 0) is 30.0 Å². The van der Waals surface area contributed by atoms with Crippen molar-refractivity contribution in [2.75, 3.05) is 12.3 Å². The van der Waals surface area contributed by atoms with Crippen LogP contribution in [-0.4, -0.2) is 29.2 Å². The van der Waals surface area contributed by atoms with E-state index >= 15 is 0 Å². The van der Waals surface area contributed by atoms with Crippen LogP contribution in [0.5, 0.6) is 0 Å². The molecule has 0 unspecified atom stereocenters. The first-order valence-corrected chi connectivity index (χ1v) is 4.74. The quantitative estimate of drug-likeness (QED) is 0.550. The minimum absolute atomic E-state index is 0.211. The van der Waals surface area contributed by atoms with E-state index in [9.17, 15) is 8.42 Å². The summed E-state index contributed by atoms with van der Waals surface area (Å²) < 4.78 is 29.1. The van der Waals surface area contributed by atoms with Crippen LogP contribution in [0, 0.1) is 0 Å². The fourth-order valence-corrected chi connectivity index (χ4v) is 1.10. The van der Waals surface area contributed by atoms with E-state index in [0.29, 0.717) is 0 Å². The molecule has 0 aliphatic rings. The third-order valence-corrected chi connectivity index (χ3v) is 1.87. The number of nitrogens with zero attached hydrogens (tertiary/aromatic N) is 1. The molecule has 0 aromatic heterocycles. The van der Waals surface area contributed by atoms with E-state index < -0.39 is 10.1 Å². The van der Waals surface area contributed by atoms with Crippen molar-refractivity contribution in [1.29, 1.82) is 0 Å². The Bertz CT molecular complexity index is 178. The summed E-state index contributed by atoms with van der Waals surface area (Å²) >= 11 is 10.3. The summed E-state index contributed by atoms with van der Waals surface area (Å²) in [7, 11) is -3.86. The predicted molar refractivity (Wildman–Crippen MR) is 39.4 cm³/mol. The van der Waals surface area contributed by atoms with E-state index in [-0.39, 0.29) is 18.7 Å². The summed E-state index contributed by atoms with van der Waals surface area (Å²) in [4.78, 5) is 0. The van der Waals surface area contributed by atoms with Gasteiger partial charge in [0.2, 0.25) is 0 Å². The van der Waals surface area contributed by atoms with Gasteiger partial charge < -0.3 is 0 Å². The zero-order valence-electron chi connectivity index (χ0n) is 5.00. The van der Waals surface area contributed by atoms with E-state index in [1.807, 2.05) is 0 Å². The van der Waals surface area contributed by atoms with Crippen LogP contribution in [0.25, 0.3) is 0 Å². The molecule has 0 aromatic rings. The Morgan fingerprint density at radius 3 is 2.20 bits per heavy atom. The third-order valence-electron chi connectivity index (χ3n) is 0.729. The maximum Gasteiger partial charge on any atom is 0.264 e. The van der Waals surface area contributed by atoms with Gasteiger partial charge in [0.15, 0.2) is 0 Å². The zero-order chi connectivity index (χ0) is 8.20. The lowest BCUT2D eigenvalue weighted by atomic mass is 10.5. The SMILES string of the molecule is O=S(=O)(O)CCCN(Cl)Cl. The minimum atomic E-state index is -3.86. The molecule has 0 saturated carbocycles. The summed E-state index contributed by atoms with van der Waals surface area (Å²) in [6, 6.07) is 0. The first kappa shape index (κ1) is 10.4. The monoisotopic (exact) mass is 207 g/mol. The molecule has 0 amide bonds. The molecular weight excluding hydrogens is 201 g/mol. The predicted octanol–water partition coefficient (Wildman–Crippen LogP) is 0.874. The lowest BCUT2D eigenvalue weighted by Crippen LogP contribution is -2.09. The van der Waals surface area contributed by atoms with Gasteiger partial charge in [0, 0.05) is 6.54 Å². The van der Waals surface area contributed by atoms with Crippen molar-refractivity contribution < 1.29 is 13.0 Å². The van der Waals surface area contributed by atoms with Crippen LogP contribution in [0.1, 0.15) is 6.42 Å². The summed E-state index contributed by atoms with van der Waals surface area (Å²) in [6.45, 7) is 0.211. The van der Waals surface area contributed by atoms with Crippen LogP contribution < -0.4 is 0 Å². The molecule has 0 aliphatic carbocycles. The van der Waals surface area contributed by atoms with E-state index in [4.69, 9.17) is 28.1 Å². The molecular formula is C3H7Cl2NO3S. The molecule has 0 heterocycles. The van der Waals surface area contributed by atoms with Gasteiger partial charge in [-0.15, -0.1) is 3.94 Å². The van der Waals surface area contributed by atoms with Crippen molar-refractivity contribution in [3.63, 3.8) is 0 Å². The molecule has 0 spiro atoms. The Morgan fingerprint density at radius 2 is 1.90 bits per heavy atom. The van der Waals surface area contributed by atoms with E-state index in [1.165, 1.54) is 0 Å². The van der Waals surface area contributed by atoms with Gasteiger partial charge in [0.05, 0.1) is 5.75 Å². The Hall–Kier alpha value is 0.450. The molecule has 0 saturated heterocycles. The van der Waals surface area contributed by atoms with Crippen LogP contribution >= 0.6 is 23.6 Å². The van der Waals surface area contributed by atoms with Crippen LogP contribution in [0.3, 0.4) is 0 Å². The number of hydrogen-bond acceptors (Lipinski definition) is 3. The fourth-order valence-electron chi connectivity index (χ4n) is 0.366. The first-order valence-electron chi connectivity index (χ1n) is 2.46. The average Bonchev–Trinajstić information content (AvgIpc) is 1.59. The van der Waals surface area contributed by atoms with Gasteiger partial charge in [0.1, 0.15) is 0 Å². The second-order valence-electron chi connectivity index (χ2n) is 1.67. The molecule has 0 bridgehead atoms. The highest BCUT2D eigenvalue weighted by atomic mass is 35.5.